The van der Waals surface area contributed by atoms with Gasteiger partial charge in [-0.05, 0) is 12.1 Å². The number of benzene rings is 1. The topological polar surface area (TPSA) is 12.5 Å². The predicted octanol–water partition coefficient (Wildman–Crippen LogP) is 2.53. The fourth-order valence-electron chi connectivity index (χ4n) is 1.19. The summed E-state index contributed by atoms with van der Waals surface area (Å²) in [4.78, 5) is 2.16. The second kappa shape index (κ2) is 5.12. The Balaban J connectivity index is 2.85. The molecule has 0 bridgehead atoms. The van der Waals surface area contributed by atoms with Gasteiger partial charge in [0.2, 0.25) is 0 Å². The molecule has 0 N–H and O–H groups in total. The van der Waals surface area contributed by atoms with Crippen molar-refractivity contribution in [3.63, 3.8) is 0 Å². The van der Waals surface area contributed by atoms with Crippen molar-refractivity contribution >= 4 is 21.6 Å². The van der Waals surface area contributed by atoms with Crippen LogP contribution in [0.15, 0.2) is 24.3 Å². The minimum Gasteiger partial charge on any atom is -0.495 e. The van der Waals surface area contributed by atoms with Crippen LogP contribution in [0.5, 0.6) is 5.75 Å². The van der Waals surface area contributed by atoms with Crippen molar-refractivity contribution in [2.24, 2.45) is 0 Å². The average Bonchev–Trinajstić information content (AvgIpc) is 2.18. The van der Waals surface area contributed by atoms with E-state index in [1.807, 2.05) is 18.2 Å². The third kappa shape index (κ3) is 2.62. The molecule has 13 heavy (non-hydrogen) atoms. The molecule has 0 aliphatic carbocycles. The molecule has 2 nitrogen and oxygen atoms in total. The Hall–Kier alpha value is -0.700. The summed E-state index contributed by atoms with van der Waals surface area (Å²) in [6.07, 6.45) is 0. The van der Waals surface area contributed by atoms with E-state index in [0.717, 1.165) is 23.3 Å². The number of methoxy groups -OCH3 is 1. The summed E-state index contributed by atoms with van der Waals surface area (Å²) in [5.74, 6) is 0.922. The fourth-order valence-corrected chi connectivity index (χ4v) is 1.72. The van der Waals surface area contributed by atoms with Gasteiger partial charge in [-0.15, -0.1) is 0 Å². The first-order chi connectivity index (χ1) is 6.29. The van der Waals surface area contributed by atoms with Crippen LogP contribution in [0.4, 0.5) is 5.69 Å². The van der Waals surface area contributed by atoms with Gasteiger partial charge in [-0.1, -0.05) is 28.1 Å². The van der Waals surface area contributed by atoms with E-state index in [4.69, 9.17) is 4.74 Å². The summed E-state index contributed by atoms with van der Waals surface area (Å²) in [6, 6.07) is 8.02. The minimum atomic E-state index is 0.922. The lowest BCUT2D eigenvalue weighted by Gasteiger charge is -2.20. The molecule has 0 saturated carbocycles. The lowest BCUT2D eigenvalue weighted by Crippen LogP contribution is -2.19. The van der Waals surface area contributed by atoms with Crippen molar-refractivity contribution in [1.29, 1.82) is 0 Å². The highest BCUT2D eigenvalue weighted by atomic mass is 79.9. The second-order valence-corrected chi connectivity index (χ2v) is 3.58. The average molecular weight is 244 g/mol. The van der Waals surface area contributed by atoms with Crippen LogP contribution in [-0.4, -0.2) is 26.0 Å². The largest absolute Gasteiger partial charge is 0.495 e. The lowest BCUT2D eigenvalue weighted by atomic mass is 10.2. The first-order valence-electron chi connectivity index (χ1n) is 4.19. The van der Waals surface area contributed by atoms with Crippen LogP contribution in [0.2, 0.25) is 0 Å². The normalized spacial score (nSPS) is 9.77. The number of ether oxygens (including phenoxy) is 1. The monoisotopic (exact) mass is 243 g/mol. The number of hydrogen-bond acceptors (Lipinski definition) is 2. The van der Waals surface area contributed by atoms with Crippen LogP contribution in [0.25, 0.3) is 0 Å². The van der Waals surface area contributed by atoms with Gasteiger partial charge in [0, 0.05) is 18.9 Å². The van der Waals surface area contributed by atoms with Crippen molar-refractivity contribution in [3.05, 3.63) is 24.3 Å². The quantitative estimate of drug-likeness (QED) is 0.754. The number of alkyl halides is 1. The summed E-state index contributed by atoms with van der Waals surface area (Å²) < 4.78 is 5.26. The van der Waals surface area contributed by atoms with E-state index in [1.54, 1.807) is 7.11 Å². The molecule has 0 aliphatic heterocycles. The number of para-hydroxylation sites is 2. The SMILES string of the molecule is COc1ccccc1N(C)CCBr. The number of halogens is 1. The summed E-state index contributed by atoms with van der Waals surface area (Å²) >= 11 is 3.41. The number of nitrogens with zero attached hydrogens (tertiary/aromatic N) is 1. The van der Waals surface area contributed by atoms with Gasteiger partial charge >= 0.3 is 0 Å². The fraction of sp³-hybridized carbons (Fsp3) is 0.400. The Kier molecular flexibility index (Phi) is 4.09. The first kappa shape index (κ1) is 10.4. The Bertz CT molecular complexity index is 265. The maximum Gasteiger partial charge on any atom is 0.142 e. The van der Waals surface area contributed by atoms with Crippen LogP contribution >= 0.6 is 15.9 Å². The lowest BCUT2D eigenvalue weighted by molar-refractivity contribution is 0.415. The first-order valence-corrected chi connectivity index (χ1v) is 5.32. The zero-order valence-corrected chi connectivity index (χ0v) is 9.54. The summed E-state index contributed by atoms with van der Waals surface area (Å²) in [5.41, 5.74) is 1.13. The van der Waals surface area contributed by atoms with Gasteiger partial charge in [-0.3, -0.25) is 0 Å². The molecule has 0 unspecified atom stereocenters. The van der Waals surface area contributed by atoms with Gasteiger partial charge in [0.05, 0.1) is 12.8 Å². The van der Waals surface area contributed by atoms with Crippen LogP contribution in [0.1, 0.15) is 0 Å². The van der Waals surface area contributed by atoms with E-state index in [2.05, 4.69) is 33.9 Å². The van der Waals surface area contributed by atoms with Crippen LogP contribution in [-0.2, 0) is 0 Å². The molecular formula is C10H14BrNO. The number of anilines is 1. The predicted molar refractivity (Wildman–Crippen MR) is 60.1 cm³/mol. The van der Waals surface area contributed by atoms with Crippen molar-refractivity contribution in [2.75, 3.05) is 30.9 Å². The Morgan fingerprint density at radius 2 is 2.08 bits per heavy atom. The van der Waals surface area contributed by atoms with Crippen LogP contribution in [0.3, 0.4) is 0 Å². The summed E-state index contributed by atoms with van der Waals surface area (Å²) in [7, 11) is 3.75. The van der Waals surface area contributed by atoms with E-state index in [-0.39, 0.29) is 0 Å². The highest BCUT2D eigenvalue weighted by Crippen LogP contribution is 2.26. The van der Waals surface area contributed by atoms with Crippen molar-refractivity contribution < 1.29 is 4.74 Å². The molecule has 0 saturated heterocycles. The Morgan fingerprint density at radius 1 is 1.38 bits per heavy atom. The van der Waals surface area contributed by atoms with Gasteiger partial charge in [-0.2, -0.15) is 0 Å². The molecule has 0 radical (unpaired) electrons. The second-order valence-electron chi connectivity index (χ2n) is 2.78. The minimum absolute atomic E-state index is 0.922. The molecule has 0 fully saturated rings. The maximum absolute atomic E-state index is 5.26. The molecule has 0 heterocycles. The van der Waals surface area contributed by atoms with E-state index >= 15 is 0 Å². The third-order valence-electron chi connectivity index (χ3n) is 1.92. The van der Waals surface area contributed by atoms with Crippen molar-refractivity contribution in [1.82, 2.24) is 0 Å². The van der Waals surface area contributed by atoms with E-state index in [1.165, 1.54) is 0 Å². The Labute approximate surface area is 87.6 Å². The molecule has 3 heteroatoms. The van der Waals surface area contributed by atoms with Crippen LogP contribution < -0.4 is 9.64 Å². The van der Waals surface area contributed by atoms with Gasteiger partial charge in [0.1, 0.15) is 5.75 Å². The van der Waals surface area contributed by atoms with Gasteiger partial charge < -0.3 is 9.64 Å². The maximum atomic E-state index is 5.26. The molecule has 72 valence electrons. The molecule has 0 amide bonds. The molecule has 0 aliphatic rings. The standard InChI is InChI=1S/C10H14BrNO/c1-12(8-7-11)9-5-3-4-6-10(9)13-2/h3-6H,7-8H2,1-2H3. The third-order valence-corrected chi connectivity index (χ3v) is 2.27. The summed E-state index contributed by atoms with van der Waals surface area (Å²) in [6.45, 7) is 0.973. The molecule has 0 aromatic heterocycles. The van der Waals surface area contributed by atoms with E-state index < -0.39 is 0 Å². The van der Waals surface area contributed by atoms with E-state index in [9.17, 15) is 0 Å². The zero-order chi connectivity index (χ0) is 9.68. The number of rotatable bonds is 4. The van der Waals surface area contributed by atoms with Gasteiger partial charge in [0.15, 0.2) is 0 Å². The van der Waals surface area contributed by atoms with Crippen LogP contribution in [0, 0.1) is 0 Å². The van der Waals surface area contributed by atoms with Crippen molar-refractivity contribution in [2.45, 2.75) is 0 Å². The van der Waals surface area contributed by atoms with E-state index in [0.29, 0.717) is 0 Å². The zero-order valence-electron chi connectivity index (χ0n) is 7.96. The molecule has 1 rings (SSSR count). The number of hydrogen-bond donors (Lipinski definition) is 0. The highest BCUT2D eigenvalue weighted by molar-refractivity contribution is 9.09. The van der Waals surface area contributed by atoms with Gasteiger partial charge in [0.25, 0.3) is 0 Å². The molecular weight excluding hydrogens is 230 g/mol. The smallest absolute Gasteiger partial charge is 0.142 e. The van der Waals surface area contributed by atoms with Crippen molar-refractivity contribution in [3.8, 4) is 5.75 Å². The summed E-state index contributed by atoms with van der Waals surface area (Å²) in [5, 5.41) is 0.960. The van der Waals surface area contributed by atoms with Gasteiger partial charge in [-0.25, -0.2) is 0 Å². The Morgan fingerprint density at radius 3 is 2.69 bits per heavy atom. The molecule has 1 aromatic carbocycles. The molecule has 1 aromatic rings. The highest BCUT2D eigenvalue weighted by Gasteiger charge is 2.05. The molecule has 0 atom stereocenters. The molecule has 0 spiro atoms.